The number of nitriles is 1. The Morgan fingerprint density at radius 3 is 2.33 bits per heavy atom. The van der Waals surface area contributed by atoms with Gasteiger partial charge in [0, 0.05) is 15.9 Å². The van der Waals surface area contributed by atoms with Crippen molar-refractivity contribution in [3.8, 4) is 6.07 Å². The van der Waals surface area contributed by atoms with Gasteiger partial charge >= 0.3 is 5.97 Å². The molecule has 21 heavy (non-hydrogen) atoms. The summed E-state index contributed by atoms with van der Waals surface area (Å²) in [4.78, 5) is 22.3. The van der Waals surface area contributed by atoms with Crippen LogP contribution in [-0.4, -0.2) is 16.0 Å². The molecule has 2 aromatic rings. The Morgan fingerprint density at radius 2 is 1.81 bits per heavy atom. The molecule has 0 spiro atoms. The van der Waals surface area contributed by atoms with Crippen molar-refractivity contribution in [1.29, 1.82) is 5.26 Å². The minimum absolute atomic E-state index is 0.00726. The highest BCUT2D eigenvalue weighted by Gasteiger charge is 2.14. The molecule has 0 heterocycles. The molecule has 6 nitrogen and oxygen atoms in total. The fourth-order valence-corrected chi connectivity index (χ4v) is 2.49. The molecule has 0 unspecified atom stereocenters. The number of rotatable bonds is 4. The Hall–Kier alpha value is -2.85. The number of hydrogen-bond donors (Lipinski definition) is 1. The lowest BCUT2D eigenvalue weighted by Gasteiger charge is -2.03. The van der Waals surface area contributed by atoms with Crippen molar-refractivity contribution in [1.82, 2.24) is 0 Å². The van der Waals surface area contributed by atoms with E-state index < -0.39 is 10.9 Å². The highest BCUT2D eigenvalue weighted by atomic mass is 32.2. The van der Waals surface area contributed by atoms with Gasteiger partial charge in [-0.25, -0.2) is 4.79 Å². The second-order valence-corrected chi connectivity index (χ2v) is 5.13. The van der Waals surface area contributed by atoms with Crippen molar-refractivity contribution < 1.29 is 14.8 Å². The molecule has 0 amide bonds. The molecule has 0 fully saturated rings. The number of carboxylic acid groups (broad SMARTS) is 1. The number of nitro groups is 1. The Morgan fingerprint density at radius 1 is 1.19 bits per heavy atom. The van der Waals surface area contributed by atoms with Crippen LogP contribution in [-0.2, 0) is 0 Å². The summed E-state index contributed by atoms with van der Waals surface area (Å²) in [5.41, 5.74) is -0.0593. The first-order valence-corrected chi connectivity index (χ1v) is 6.52. The molecule has 0 aliphatic rings. The Labute approximate surface area is 123 Å². The van der Waals surface area contributed by atoms with E-state index in [4.69, 9.17) is 10.4 Å². The number of benzene rings is 2. The molecular weight excluding hydrogens is 292 g/mol. The zero-order valence-electron chi connectivity index (χ0n) is 10.5. The van der Waals surface area contributed by atoms with Crippen LogP contribution in [0.2, 0.25) is 0 Å². The van der Waals surface area contributed by atoms with Gasteiger partial charge in [-0.15, -0.1) is 0 Å². The normalized spacial score (nSPS) is 9.86. The molecule has 104 valence electrons. The SMILES string of the molecule is N#Cc1cc(Sc2ccc(C(=O)O)cc2)ccc1[N+](=O)[O-]. The van der Waals surface area contributed by atoms with Gasteiger partial charge in [0.05, 0.1) is 10.5 Å². The quantitative estimate of drug-likeness (QED) is 0.686. The molecule has 0 aliphatic carbocycles. The van der Waals surface area contributed by atoms with Crippen molar-refractivity contribution in [2.45, 2.75) is 9.79 Å². The molecule has 0 saturated carbocycles. The van der Waals surface area contributed by atoms with Crippen LogP contribution >= 0.6 is 11.8 Å². The fraction of sp³-hybridized carbons (Fsp3) is 0. The monoisotopic (exact) mass is 300 g/mol. The zero-order valence-corrected chi connectivity index (χ0v) is 11.3. The maximum Gasteiger partial charge on any atom is 0.335 e. The predicted molar refractivity (Wildman–Crippen MR) is 75.3 cm³/mol. The average molecular weight is 300 g/mol. The standard InChI is InChI=1S/C14H8N2O4S/c15-8-10-7-12(5-6-13(10)16(19)20)21-11-3-1-9(2-4-11)14(17)18/h1-7H,(H,17,18). The number of nitrogens with zero attached hydrogens (tertiary/aromatic N) is 2. The number of aromatic carboxylic acids is 1. The molecule has 2 rings (SSSR count). The Balaban J connectivity index is 2.26. The largest absolute Gasteiger partial charge is 0.478 e. The van der Waals surface area contributed by atoms with Crippen molar-refractivity contribution in [3.63, 3.8) is 0 Å². The van der Waals surface area contributed by atoms with Crippen LogP contribution in [0.25, 0.3) is 0 Å². The van der Waals surface area contributed by atoms with Gasteiger partial charge in [0.2, 0.25) is 0 Å². The Kier molecular flexibility index (Phi) is 4.21. The fourth-order valence-electron chi connectivity index (χ4n) is 1.63. The zero-order chi connectivity index (χ0) is 15.4. The summed E-state index contributed by atoms with van der Waals surface area (Å²) in [5, 5.41) is 28.5. The van der Waals surface area contributed by atoms with E-state index in [1.807, 2.05) is 0 Å². The van der Waals surface area contributed by atoms with Gasteiger partial charge in [-0.2, -0.15) is 5.26 Å². The summed E-state index contributed by atoms with van der Waals surface area (Å²) in [6, 6.07) is 12.3. The lowest BCUT2D eigenvalue weighted by Crippen LogP contribution is -1.94. The van der Waals surface area contributed by atoms with Crippen LogP contribution in [0.5, 0.6) is 0 Å². The number of carbonyl (C=O) groups is 1. The molecule has 7 heteroatoms. The number of nitro benzene ring substituents is 1. The molecule has 0 bridgehead atoms. The molecule has 0 atom stereocenters. The van der Waals surface area contributed by atoms with Crippen LogP contribution in [0.3, 0.4) is 0 Å². The second kappa shape index (κ2) is 6.07. The molecule has 0 aliphatic heterocycles. The minimum atomic E-state index is -1.01. The van der Waals surface area contributed by atoms with Gasteiger partial charge in [0.25, 0.3) is 5.69 Å². The van der Waals surface area contributed by atoms with Crippen LogP contribution in [0.15, 0.2) is 52.3 Å². The first kappa shape index (κ1) is 14.6. The summed E-state index contributed by atoms with van der Waals surface area (Å²) in [5.74, 6) is -1.01. The first-order valence-electron chi connectivity index (χ1n) is 5.71. The summed E-state index contributed by atoms with van der Waals surface area (Å²) < 4.78 is 0. The van der Waals surface area contributed by atoms with E-state index in [2.05, 4.69) is 0 Å². The molecule has 0 radical (unpaired) electrons. The molecule has 2 aromatic carbocycles. The summed E-state index contributed by atoms with van der Waals surface area (Å²) in [6.45, 7) is 0. The average Bonchev–Trinajstić information content (AvgIpc) is 2.47. The van der Waals surface area contributed by atoms with E-state index >= 15 is 0 Å². The van der Waals surface area contributed by atoms with E-state index in [-0.39, 0.29) is 16.8 Å². The Bertz CT molecular complexity index is 751. The second-order valence-electron chi connectivity index (χ2n) is 3.98. The van der Waals surface area contributed by atoms with Gasteiger partial charge in [0.1, 0.15) is 11.6 Å². The van der Waals surface area contributed by atoms with Gasteiger partial charge in [0.15, 0.2) is 0 Å². The van der Waals surface area contributed by atoms with Crippen LogP contribution in [0.4, 0.5) is 5.69 Å². The van der Waals surface area contributed by atoms with Crippen molar-refractivity contribution in [2.75, 3.05) is 0 Å². The van der Waals surface area contributed by atoms with Crippen LogP contribution < -0.4 is 0 Å². The van der Waals surface area contributed by atoms with Crippen LogP contribution in [0.1, 0.15) is 15.9 Å². The van der Waals surface area contributed by atoms with Gasteiger partial charge in [-0.05, 0) is 36.4 Å². The smallest absolute Gasteiger partial charge is 0.335 e. The third kappa shape index (κ3) is 3.38. The van der Waals surface area contributed by atoms with Crippen molar-refractivity contribution in [2.24, 2.45) is 0 Å². The summed E-state index contributed by atoms with van der Waals surface area (Å²) >= 11 is 1.29. The van der Waals surface area contributed by atoms with Crippen molar-refractivity contribution in [3.05, 3.63) is 63.7 Å². The highest BCUT2D eigenvalue weighted by molar-refractivity contribution is 7.99. The topological polar surface area (TPSA) is 104 Å². The number of carboxylic acids is 1. The van der Waals surface area contributed by atoms with E-state index in [9.17, 15) is 14.9 Å². The molecule has 0 saturated heterocycles. The molecular formula is C14H8N2O4S. The molecule has 0 aromatic heterocycles. The van der Waals surface area contributed by atoms with Gasteiger partial charge in [-0.3, -0.25) is 10.1 Å². The van der Waals surface area contributed by atoms with E-state index in [1.54, 1.807) is 24.3 Å². The lowest BCUT2D eigenvalue weighted by atomic mass is 10.2. The van der Waals surface area contributed by atoms with E-state index in [0.29, 0.717) is 4.90 Å². The van der Waals surface area contributed by atoms with E-state index in [0.717, 1.165) is 4.90 Å². The third-order valence-electron chi connectivity index (χ3n) is 2.62. The number of hydrogen-bond acceptors (Lipinski definition) is 5. The third-order valence-corrected chi connectivity index (χ3v) is 3.62. The van der Waals surface area contributed by atoms with Gasteiger partial charge in [-0.1, -0.05) is 11.8 Å². The maximum absolute atomic E-state index is 10.7. The van der Waals surface area contributed by atoms with Gasteiger partial charge < -0.3 is 5.11 Å². The van der Waals surface area contributed by atoms with Crippen molar-refractivity contribution >= 4 is 23.4 Å². The highest BCUT2D eigenvalue weighted by Crippen LogP contribution is 2.31. The maximum atomic E-state index is 10.7. The first-order chi connectivity index (χ1) is 10.0. The lowest BCUT2D eigenvalue weighted by molar-refractivity contribution is -0.385. The summed E-state index contributed by atoms with van der Waals surface area (Å²) in [7, 11) is 0. The minimum Gasteiger partial charge on any atom is -0.478 e. The molecule has 1 N–H and O–H groups in total. The predicted octanol–water partition coefficient (Wildman–Crippen LogP) is 3.32. The van der Waals surface area contributed by atoms with E-state index in [1.165, 1.54) is 36.0 Å². The van der Waals surface area contributed by atoms with Crippen LogP contribution in [0, 0.1) is 21.4 Å². The summed E-state index contributed by atoms with van der Waals surface area (Å²) in [6.07, 6.45) is 0.